The van der Waals surface area contributed by atoms with Crippen LogP contribution in [0.15, 0.2) is 22.7 Å². The number of anilines is 1. The van der Waals surface area contributed by atoms with Crippen LogP contribution in [-0.4, -0.2) is 25.3 Å². The van der Waals surface area contributed by atoms with Crippen LogP contribution in [0.1, 0.15) is 17.0 Å². The number of amides is 1. The molecule has 1 amide bonds. The molecule has 0 fully saturated rings. The van der Waals surface area contributed by atoms with Gasteiger partial charge in [0.1, 0.15) is 17.3 Å². The molecule has 6 nitrogen and oxygen atoms in total. The summed E-state index contributed by atoms with van der Waals surface area (Å²) < 4.78 is 15.4. The van der Waals surface area contributed by atoms with Crippen molar-refractivity contribution in [1.82, 2.24) is 5.16 Å². The van der Waals surface area contributed by atoms with Crippen molar-refractivity contribution in [2.75, 3.05) is 19.5 Å². The molecule has 0 aliphatic rings. The molecule has 6 heteroatoms. The minimum atomic E-state index is -0.159. The fourth-order valence-electron chi connectivity index (χ4n) is 2.01. The summed E-state index contributed by atoms with van der Waals surface area (Å²) in [7, 11) is 3.11. The molecule has 0 saturated heterocycles. The first kappa shape index (κ1) is 14.9. The maximum Gasteiger partial charge on any atom is 0.229 e. The van der Waals surface area contributed by atoms with Crippen molar-refractivity contribution in [1.29, 1.82) is 0 Å². The van der Waals surface area contributed by atoms with Gasteiger partial charge in [-0.2, -0.15) is 0 Å². The van der Waals surface area contributed by atoms with Crippen molar-refractivity contribution in [3.63, 3.8) is 0 Å². The topological polar surface area (TPSA) is 73.6 Å². The van der Waals surface area contributed by atoms with E-state index < -0.39 is 0 Å². The molecule has 0 spiro atoms. The van der Waals surface area contributed by atoms with Crippen LogP contribution in [0.5, 0.6) is 11.5 Å². The molecule has 0 bridgehead atoms. The molecule has 2 aromatic rings. The highest BCUT2D eigenvalue weighted by molar-refractivity contribution is 5.94. The normalized spacial score (nSPS) is 10.3. The van der Waals surface area contributed by atoms with Gasteiger partial charge in [-0.3, -0.25) is 4.79 Å². The number of nitrogens with one attached hydrogen (secondary N) is 1. The van der Waals surface area contributed by atoms with Gasteiger partial charge in [-0.05, 0) is 26.0 Å². The van der Waals surface area contributed by atoms with E-state index in [0.29, 0.717) is 22.9 Å². The molecular formula is C15H18N2O4. The van der Waals surface area contributed by atoms with Crippen molar-refractivity contribution < 1.29 is 18.8 Å². The number of hydrogen-bond acceptors (Lipinski definition) is 5. The van der Waals surface area contributed by atoms with Gasteiger partial charge >= 0.3 is 0 Å². The van der Waals surface area contributed by atoms with Crippen LogP contribution in [0.2, 0.25) is 0 Å². The Labute approximate surface area is 123 Å². The number of nitrogens with zero attached hydrogens (tertiary/aromatic N) is 1. The van der Waals surface area contributed by atoms with Gasteiger partial charge in [-0.25, -0.2) is 0 Å². The van der Waals surface area contributed by atoms with E-state index in [0.717, 1.165) is 11.3 Å². The van der Waals surface area contributed by atoms with Gasteiger partial charge in [-0.15, -0.1) is 0 Å². The molecule has 1 aromatic heterocycles. The number of carbonyl (C=O) groups excluding carboxylic acids is 1. The van der Waals surface area contributed by atoms with Crippen LogP contribution in [-0.2, 0) is 11.2 Å². The third-order valence-electron chi connectivity index (χ3n) is 3.20. The SMILES string of the molecule is COc1ccc(NC(=O)Cc2c(C)noc2C)c(OC)c1. The Kier molecular flexibility index (Phi) is 4.47. The summed E-state index contributed by atoms with van der Waals surface area (Å²) in [5.74, 6) is 1.70. The van der Waals surface area contributed by atoms with Gasteiger partial charge in [0.15, 0.2) is 0 Å². The number of methoxy groups -OCH3 is 2. The minimum absolute atomic E-state index is 0.159. The minimum Gasteiger partial charge on any atom is -0.497 e. The zero-order valence-electron chi connectivity index (χ0n) is 12.5. The van der Waals surface area contributed by atoms with E-state index in [1.807, 2.05) is 6.92 Å². The van der Waals surface area contributed by atoms with Gasteiger partial charge in [-0.1, -0.05) is 5.16 Å². The molecular weight excluding hydrogens is 272 g/mol. The molecule has 1 aromatic carbocycles. The number of ether oxygens (including phenoxy) is 2. The highest BCUT2D eigenvalue weighted by Gasteiger charge is 2.15. The molecule has 21 heavy (non-hydrogen) atoms. The summed E-state index contributed by atoms with van der Waals surface area (Å²) in [6, 6.07) is 5.21. The largest absolute Gasteiger partial charge is 0.497 e. The zero-order chi connectivity index (χ0) is 15.4. The molecule has 2 rings (SSSR count). The molecule has 0 atom stereocenters. The van der Waals surface area contributed by atoms with Crippen LogP contribution in [0.25, 0.3) is 0 Å². The molecule has 1 N–H and O–H groups in total. The monoisotopic (exact) mass is 290 g/mol. The third kappa shape index (κ3) is 3.34. The number of rotatable bonds is 5. The Morgan fingerprint density at radius 2 is 2.05 bits per heavy atom. The lowest BCUT2D eigenvalue weighted by molar-refractivity contribution is -0.115. The van der Waals surface area contributed by atoms with E-state index in [1.54, 1.807) is 39.3 Å². The number of aryl methyl sites for hydroxylation is 2. The Bertz CT molecular complexity index is 630. The number of benzene rings is 1. The van der Waals surface area contributed by atoms with E-state index in [2.05, 4.69) is 10.5 Å². The van der Waals surface area contributed by atoms with E-state index in [9.17, 15) is 4.79 Å². The number of aromatic nitrogens is 1. The van der Waals surface area contributed by atoms with E-state index in [1.165, 1.54) is 0 Å². The first-order chi connectivity index (χ1) is 10.0. The average Bonchev–Trinajstić information content (AvgIpc) is 2.79. The molecule has 0 aliphatic carbocycles. The van der Waals surface area contributed by atoms with Crippen molar-refractivity contribution in [2.24, 2.45) is 0 Å². The summed E-state index contributed by atoms with van der Waals surface area (Å²) in [5, 5.41) is 6.65. The van der Waals surface area contributed by atoms with Gasteiger partial charge in [0.25, 0.3) is 0 Å². The Hall–Kier alpha value is -2.50. The fraction of sp³-hybridized carbons (Fsp3) is 0.333. The van der Waals surface area contributed by atoms with Gasteiger partial charge in [0.05, 0.1) is 32.0 Å². The number of hydrogen-bond donors (Lipinski definition) is 1. The lowest BCUT2D eigenvalue weighted by Gasteiger charge is -2.11. The van der Waals surface area contributed by atoms with Gasteiger partial charge < -0.3 is 19.3 Å². The predicted octanol–water partition coefficient (Wildman–Crippen LogP) is 2.49. The van der Waals surface area contributed by atoms with Crippen LogP contribution in [0.4, 0.5) is 5.69 Å². The van der Waals surface area contributed by atoms with Crippen molar-refractivity contribution in [2.45, 2.75) is 20.3 Å². The van der Waals surface area contributed by atoms with Gasteiger partial charge in [0.2, 0.25) is 5.91 Å². The fourth-order valence-corrected chi connectivity index (χ4v) is 2.01. The molecule has 112 valence electrons. The quantitative estimate of drug-likeness (QED) is 0.915. The maximum atomic E-state index is 12.1. The maximum absolute atomic E-state index is 12.1. The van der Waals surface area contributed by atoms with Crippen LogP contribution in [0.3, 0.4) is 0 Å². The molecule has 1 heterocycles. The second kappa shape index (κ2) is 6.30. The third-order valence-corrected chi connectivity index (χ3v) is 3.20. The second-order valence-electron chi connectivity index (χ2n) is 4.59. The Morgan fingerprint density at radius 3 is 2.62 bits per heavy atom. The van der Waals surface area contributed by atoms with Crippen LogP contribution in [0, 0.1) is 13.8 Å². The van der Waals surface area contributed by atoms with E-state index in [-0.39, 0.29) is 12.3 Å². The first-order valence-corrected chi connectivity index (χ1v) is 6.48. The standard InChI is InChI=1S/C15H18N2O4/c1-9-12(10(2)21-17-9)8-15(18)16-13-6-5-11(19-3)7-14(13)20-4/h5-7H,8H2,1-4H3,(H,16,18). The lowest BCUT2D eigenvalue weighted by Crippen LogP contribution is -2.15. The molecule has 0 saturated carbocycles. The zero-order valence-corrected chi connectivity index (χ0v) is 12.5. The predicted molar refractivity (Wildman–Crippen MR) is 77.9 cm³/mol. The van der Waals surface area contributed by atoms with Crippen molar-refractivity contribution in [3.05, 3.63) is 35.2 Å². The molecule has 0 aliphatic heterocycles. The van der Waals surface area contributed by atoms with E-state index in [4.69, 9.17) is 14.0 Å². The van der Waals surface area contributed by atoms with Crippen molar-refractivity contribution >= 4 is 11.6 Å². The first-order valence-electron chi connectivity index (χ1n) is 6.48. The Balaban J connectivity index is 2.13. The van der Waals surface area contributed by atoms with Crippen LogP contribution >= 0.6 is 0 Å². The highest BCUT2D eigenvalue weighted by Crippen LogP contribution is 2.29. The molecule has 0 radical (unpaired) electrons. The average molecular weight is 290 g/mol. The Morgan fingerprint density at radius 1 is 1.29 bits per heavy atom. The summed E-state index contributed by atoms with van der Waals surface area (Å²) in [4.78, 5) is 12.1. The highest BCUT2D eigenvalue weighted by atomic mass is 16.5. The van der Waals surface area contributed by atoms with E-state index >= 15 is 0 Å². The summed E-state index contributed by atoms with van der Waals surface area (Å²) >= 11 is 0. The van der Waals surface area contributed by atoms with Crippen molar-refractivity contribution in [3.8, 4) is 11.5 Å². The van der Waals surface area contributed by atoms with Crippen LogP contribution < -0.4 is 14.8 Å². The summed E-state index contributed by atoms with van der Waals surface area (Å²) in [5.41, 5.74) is 2.12. The summed E-state index contributed by atoms with van der Waals surface area (Å²) in [6.45, 7) is 3.60. The lowest BCUT2D eigenvalue weighted by atomic mass is 10.1. The summed E-state index contributed by atoms with van der Waals surface area (Å²) in [6.07, 6.45) is 0.205. The van der Waals surface area contributed by atoms with Gasteiger partial charge in [0, 0.05) is 11.6 Å². The number of carbonyl (C=O) groups is 1. The molecule has 0 unspecified atom stereocenters. The second-order valence-corrected chi connectivity index (χ2v) is 4.59. The smallest absolute Gasteiger partial charge is 0.229 e.